The van der Waals surface area contributed by atoms with E-state index in [1.165, 1.54) is 4.68 Å². The number of carboxylic acid groups (broad SMARTS) is 1. The number of aromatic carboxylic acids is 1. The molecule has 0 aliphatic heterocycles. The van der Waals surface area contributed by atoms with Gasteiger partial charge in [0, 0.05) is 22.6 Å². The van der Waals surface area contributed by atoms with Crippen molar-refractivity contribution in [2.45, 2.75) is 0 Å². The lowest BCUT2D eigenvalue weighted by Crippen LogP contribution is -2.37. The van der Waals surface area contributed by atoms with Crippen LogP contribution in [-0.4, -0.2) is 21.4 Å². The molecular formula is C4H5IN3O2+. The van der Waals surface area contributed by atoms with Crippen molar-refractivity contribution in [3.05, 3.63) is 9.39 Å². The number of carboxylic acids is 1. The Morgan fingerprint density at radius 1 is 1.90 bits per heavy atom. The average Bonchev–Trinajstić information content (AvgIpc) is 2.11. The predicted octanol–water partition coefficient (Wildman–Crippen LogP) is -0.463. The van der Waals surface area contributed by atoms with Gasteiger partial charge in [0.25, 0.3) is 9.39 Å². The minimum absolute atomic E-state index is 0.181. The highest BCUT2D eigenvalue weighted by molar-refractivity contribution is 14.1. The van der Waals surface area contributed by atoms with Crippen molar-refractivity contribution >= 4 is 28.6 Å². The number of hydrogen-bond acceptors (Lipinski definition) is 2. The summed E-state index contributed by atoms with van der Waals surface area (Å²) in [5.74, 6) is -0.972. The molecule has 1 aromatic rings. The summed E-state index contributed by atoms with van der Waals surface area (Å²) in [6.45, 7) is 0. The van der Waals surface area contributed by atoms with E-state index in [4.69, 9.17) is 5.11 Å². The molecule has 0 bridgehead atoms. The largest absolute Gasteiger partial charge is 0.475 e. The van der Waals surface area contributed by atoms with Crippen LogP contribution in [0.15, 0.2) is 0 Å². The highest BCUT2D eigenvalue weighted by atomic mass is 127. The van der Waals surface area contributed by atoms with Crippen LogP contribution >= 0.6 is 22.6 Å². The number of rotatable bonds is 1. The quantitative estimate of drug-likeness (QED) is 0.526. The van der Waals surface area contributed by atoms with Gasteiger partial charge in [-0.05, 0) is 0 Å². The second-order valence-corrected chi connectivity index (χ2v) is 2.74. The van der Waals surface area contributed by atoms with E-state index in [-0.39, 0.29) is 5.69 Å². The first-order chi connectivity index (χ1) is 4.63. The maximum atomic E-state index is 10.4. The van der Waals surface area contributed by atoms with E-state index in [9.17, 15) is 4.79 Å². The summed E-state index contributed by atoms with van der Waals surface area (Å²) in [4.78, 5) is 10.4. The van der Waals surface area contributed by atoms with Crippen molar-refractivity contribution in [2.75, 3.05) is 0 Å². The summed E-state index contributed by atoms with van der Waals surface area (Å²) in [5, 5.41) is 14.7. The van der Waals surface area contributed by atoms with Crippen LogP contribution in [0.5, 0.6) is 0 Å². The number of halogens is 1. The van der Waals surface area contributed by atoms with E-state index in [1.807, 2.05) is 22.6 Å². The second kappa shape index (κ2) is 2.52. The van der Waals surface area contributed by atoms with Gasteiger partial charge in [-0.15, -0.1) is 0 Å². The molecule has 10 heavy (non-hydrogen) atoms. The second-order valence-electron chi connectivity index (χ2n) is 1.72. The van der Waals surface area contributed by atoms with Crippen molar-refractivity contribution in [1.29, 1.82) is 0 Å². The summed E-state index contributed by atoms with van der Waals surface area (Å²) >= 11 is 1.85. The van der Waals surface area contributed by atoms with Gasteiger partial charge in [0.15, 0.2) is 0 Å². The Labute approximate surface area is 70.2 Å². The van der Waals surface area contributed by atoms with Crippen LogP contribution in [0.2, 0.25) is 0 Å². The molecule has 54 valence electrons. The summed E-state index contributed by atoms with van der Waals surface area (Å²) in [5.41, 5.74) is 0.181. The van der Waals surface area contributed by atoms with Crippen LogP contribution in [-0.2, 0) is 7.05 Å². The number of nitrogens with one attached hydrogen (secondary N) is 1. The normalized spacial score (nSPS) is 9.80. The molecule has 5 nitrogen and oxygen atoms in total. The predicted molar refractivity (Wildman–Crippen MR) is 39.4 cm³/mol. The topological polar surface area (TPSA) is 69.9 Å². The smallest absolute Gasteiger partial charge is 0.383 e. The molecule has 0 radical (unpaired) electrons. The summed E-state index contributed by atoms with van der Waals surface area (Å²) < 4.78 is 1.82. The van der Waals surface area contributed by atoms with E-state index in [0.29, 0.717) is 3.70 Å². The van der Waals surface area contributed by atoms with Gasteiger partial charge in [-0.25, -0.2) is 4.79 Å². The van der Waals surface area contributed by atoms with Crippen LogP contribution in [0.4, 0.5) is 0 Å². The van der Waals surface area contributed by atoms with Gasteiger partial charge < -0.3 is 5.11 Å². The van der Waals surface area contributed by atoms with Gasteiger partial charge in [-0.2, -0.15) is 4.68 Å². The zero-order valence-corrected chi connectivity index (χ0v) is 7.29. The molecular weight excluding hydrogens is 249 g/mol. The Hall–Kier alpha value is -0.660. The highest BCUT2D eigenvalue weighted by Gasteiger charge is 2.22. The molecule has 6 heteroatoms. The number of carbonyl (C=O) groups is 1. The van der Waals surface area contributed by atoms with Crippen molar-refractivity contribution < 1.29 is 14.6 Å². The molecule has 2 N–H and O–H groups in total. The summed E-state index contributed by atoms with van der Waals surface area (Å²) in [6.07, 6.45) is 0. The number of hydrogen-bond donors (Lipinski definition) is 2. The fraction of sp³-hybridized carbons (Fsp3) is 0.250. The Morgan fingerprint density at radius 3 is 2.70 bits per heavy atom. The molecule has 0 saturated heterocycles. The zero-order valence-electron chi connectivity index (χ0n) is 5.13. The minimum Gasteiger partial charge on any atom is -0.475 e. The third kappa shape index (κ3) is 1.11. The van der Waals surface area contributed by atoms with Gasteiger partial charge in [0.05, 0.1) is 5.10 Å². The van der Waals surface area contributed by atoms with E-state index >= 15 is 0 Å². The average molecular weight is 254 g/mol. The van der Waals surface area contributed by atoms with Gasteiger partial charge in [0.1, 0.15) is 7.05 Å². The monoisotopic (exact) mass is 254 g/mol. The van der Waals surface area contributed by atoms with E-state index < -0.39 is 5.97 Å². The van der Waals surface area contributed by atoms with Crippen molar-refractivity contribution in [3.8, 4) is 0 Å². The number of H-pyrrole nitrogens is 1. The van der Waals surface area contributed by atoms with Crippen LogP contribution in [0.3, 0.4) is 0 Å². The van der Waals surface area contributed by atoms with Gasteiger partial charge in [0.2, 0.25) is 0 Å². The molecule has 1 heterocycles. The third-order valence-electron chi connectivity index (χ3n) is 1.03. The zero-order chi connectivity index (χ0) is 7.72. The Morgan fingerprint density at radius 2 is 2.50 bits per heavy atom. The van der Waals surface area contributed by atoms with Crippen molar-refractivity contribution in [2.24, 2.45) is 7.05 Å². The molecule has 0 saturated carbocycles. The molecule has 0 aliphatic rings. The Balaban J connectivity index is 3.23. The Bertz CT molecular complexity index is 250. The van der Waals surface area contributed by atoms with E-state index in [1.54, 1.807) is 7.05 Å². The molecule has 0 amide bonds. The van der Waals surface area contributed by atoms with Crippen LogP contribution in [0.25, 0.3) is 0 Å². The fourth-order valence-corrected chi connectivity index (χ4v) is 1.29. The third-order valence-corrected chi connectivity index (χ3v) is 1.78. The number of nitrogens with zero attached hydrogens (tertiary/aromatic N) is 2. The van der Waals surface area contributed by atoms with Crippen molar-refractivity contribution in [1.82, 2.24) is 10.3 Å². The molecule has 0 unspecified atom stereocenters. The first-order valence-corrected chi connectivity index (χ1v) is 3.54. The lowest BCUT2D eigenvalue weighted by atomic mass is 10.5. The first kappa shape index (κ1) is 7.45. The van der Waals surface area contributed by atoms with Gasteiger partial charge in [-0.3, -0.25) is 0 Å². The number of aromatic nitrogens is 3. The maximum Gasteiger partial charge on any atom is 0.383 e. The van der Waals surface area contributed by atoms with Crippen molar-refractivity contribution in [3.63, 3.8) is 0 Å². The lowest BCUT2D eigenvalue weighted by Gasteiger charge is -1.83. The molecule has 0 fully saturated rings. The molecule has 1 rings (SSSR count). The number of aryl methyl sites for hydroxylation is 1. The molecule has 0 spiro atoms. The van der Waals surface area contributed by atoms with Crippen LogP contribution < -0.4 is 4.68 Å². The molecule has 0 aromatic carbocycles. The lowest BCUT2D eigenvalue weighted by molar-refractivity contribution is -0.732. The summed E-state index contributed by atoms with van der Waals surface area (Å²) in [7, 11) is 1.60. The van der Waals surface area contributed by atoms with E-state index in [0.717, 1.165) is 0 Å². The standard InChI is InChI=1S/C4H4IN3O2/c1-8-2(4(9)10)3(5)6-7-8/h1H3,(H,9,10)/p+1. The van der Waals surface area contributed by atoms with Crippen LogP contribution in [0, 0.1) is 3.70 Å². The Kier molecular flexibility index (Phi) is 1.88. The first-order valence-electron chi connectivity index (χ1n) is 2.46. The highest BCUT2D eigenvalue weighted by Crippen LogP contribution is 2.01. The fourth-order valence-electron chi connectivity index (χ4n) is 0.592. The molecule has 1 aromatic heterocycles. The molecule has 0 aliphatic carbocycles. The summed E-state index contributed by atoms with van der Waals surface area (Å²) in [6, 6.07) is 0. The number of aromatic amines is 1. The van der Waals surface area contributed by atoms with Gasteiger partial charge >= 0.3 is 5.97 Å². The minimum atomic E-state index is -0.972. The van der Waals surface area contributed by atoms with E-state index in [2.05, 4.69) is 10.3 Å². The SMILES string of the molecule is C[n+]1[nH]nc(I)c1C(=O)O. The van der Waals surface area contributed by atoms with Gasteiger partial charge in [-0.1, -0.05) is 5.21 Å². The molecule has 0 atom stereocenters. The maximum absolute atomic E-state index is 10.4. The van der Waals surface area contributed by atoms with Crippen LogP contribution in [0.1, 0.15) is 10.5 Å².